The van der Waals surface area contributed by atoms with Gasteiger partial charge in [-0.3, -0.25) is 4.99 Å². The predicted octanol–water partition coefficient (Wildman–Crippen LogP) is 1.24. The molecule has 0 radical (unpaired) electrons. The quantitative estimate of drug-likeness (QED) is 0.378. The van der Waals surface area contributed by atoms with Crippen molar-refractivity contribution < 1.29 is 8.42 Å². The first kappa shape index (κ1) is 14.0. The first-order valence-electron chi connectivity index (χ1n) is 6.35. The van der Waals surface area contributed by atoms with Crippen molar-refractivity contribution in [3.05, 3.63) is 29.8 Å². The number of sulfone groups is 1. The van der Waals surface area contributed by atoms with Crippen LogP contribution in [0.15, 0.2) is 34.2 Å². The summed E-state index contributed by atoms with van der Waals surface area (Å²) in [6.45, 7) is 0. The Morgan fingerprint density at radius 2 is 2.05 bits per heavy atom. The van der Waals surface area contributed by atoms with Crippen molar-refractivity contribution in [2.45, 2.75) is 36.6 Å². The van der Waals surface area contributed by atoms with E-state index < -0.39 is 9.84 Å². The van der Waals surface area contributed by atoms with E-state index in [-0.39, 0.29) is 10.9 Å². The number of benzene rings is 1. The Balaban J connectivity index is 2.33. The predicted molar refractivity (Wildman–Crippen MR) is 75.7 cm³/mol. The fourth-order valence-electron chi connectivity index (χ4n) is 2.29. The second kappa shape index (κ2) is 5.71. The van der Waals surface area contributed by atoms with Gasteiger partial charge in [-0.2, -0.15) is 0 Å². The normalized spacial score (nSPS) is 17.7. The highest BCUT2D eigenvalue weighted by molar-refractivity contribution is 7.90. The van der Waals surface area contributed by atoms with Gasteiger partial charge in [0, 0.05) is 11.8 Å². The summed E-state index contributed by atoms with van der Waals surface area (Å²) in [5.74, 6) is 6.06. The maximum absolute atomic E-state index is 11.5. The molecule has 19 heavy (non-hydrogen) atoms. The molecular formula is C13H19N3O2S. The highest BCUT2D eigenvalue weighted by Gasteiger charge is 2.16. The molecule has 104 valence electrons. The van der Waals surface area contributed by atoms with E-state index in [1.54, 1.807) is 18.2 Å². The molecule has 1 fully saturated rings. The van der Waals surface area contributed by atoms with Crippen molar-refractivity contribution in [2.75, 3.05) is 6.26 Å². The summed E-state index contributed by atoms with van der Waals surface area (Å²) in [4.78, 5) is 4.85. The summed E-state index contributed by atoms with van der Waals surface area (Å²) in [6, 6.07) is 6.97. The van der Waals surface area contributed by atoms with Crippen LogP contribution >= 0.6 is 0 Å². The number of nitrogens with one attached hydrogen (secondary N) is 1. The van der Waals surface area contributed by atoms with Gasteiger partial charge in [-0.25, -0.2) is 14.3 Å². The summed E-state index contributed by atoms with van der Waals surface area (Å²) in [7, 11) is -3.22. The minimum atomic E-state index is -3.22. The maximum Gasteiger partial charge on any atom is 0.175 e. The number of aliphatic imine (C=N–C) groups is 1. The lowest BCUT2D eigenvalue weighted by Crippen LogP contribution is -2.32. The largest absolute Gasteiger partial charge is 0.308 e. The number of amidine groups is 1. The van der Waals surface area contributed by atoms with Crippen LogP contribution in [0.5, 0.6) is 0 Å². The minimum Gasteiger partial charge on any atom is -0.308 e. The van der Waals surface area contributed by atoms with Gasteiger partial charge in [0.1, 0.15) is 5.84 Å². The third-order valence-corrected chi connectivity index (χ3v) is 4.42. The van der Waals surface area contributed by atoms with Gasteiger partial charge >= 0.3 is 0 Å². The fourth-order valence-corrected chi connectivity index (χ4v) is 2.95. The van der Waals surface area contributed by atoms with Crippen LogP contribution in [0.4, 0.5) is 0 Å². The van der Waals surface area contributed by atoms with Crippen molar-refractivity contribution in [1.29, 1.82) is 0 Å². The number of hydrazine groups is 1. The van der Waals surface area contributed by atoms with Crippen molar-refractivity contribution >= 4 is 15.7 Å². The zero-order valence-corrected chi connectivity index (χ0v) is 11.8. The Labute approximate surface area is 113 Å². The molecule has 6 heteroatoms. The molecule has 0 saturated heterocycles. The van der Waals surface area contributed by atoms with Crippen LogP contribution in [-0.2, 0) is 9.84 Å². The molecule has 0 atom stereocenters. The molecule has 0 amide bonds. The summed E-state index contributed by atoms with van der Waals surface area (Å²) >= 11 is 0. The van der Waals surface area contributed by atoms with E-state index in [1.807, 2.05) is 6.07 Å². The lowest BCUT2D eigenvalue weighted by atomic mass is 10.2. The SMILES string of the molecule is CS(=O)(=O)c1cccc(C(=NC2CCCC2)NN)c1. The van der Waals surface area contributed by atoms with Crippen LogP contribution in [0.25, 0.3) is 0 Å². The molecule has 0 aromatic heterocycles. The lowest BCUT2D eigenvalue weighted by molar-refractivity contribution is 0.602. The first-order chi connectivity index (χ1) is 9.00. The molecule has 2 rings (SSSR count). The Bertz CT molecular complexity index is 575. The Morgan fingerprint density at radius 1 is 1.37 bits per heavy atom. The van der Waals surface area contributed by atoms with Crippen LogP contribution in [-0.4, -0.2) is 26.6 Å². The van der Waals surface area contributed by atoms with Gasteiger partial charge < -0.3 is 5.43 Å². The fraction of sp³-hybridized carbons (Fsp3) is 0.462. The molecule has 0 unspecified atom stereocenters. The van der Waals surface area contributed by atoms with Crippen LogP contribution in [0.3, 0.4) is 0 Å². The first-order valence-corrected chi connectivity index (χ1v) is 8.25. The van der Waals surface area contributed by atoms with Crippen LogP contribution in [0, 0.1) is 0 Å². The van der Waals surface area contributed by atoms with Gasteiger partial charge in [0.05, 0.1) is 10.9 Å². The van der Waals surface area contributed by atoms with E-state index in [2.05, 4.69) is 10.4 Å². The Hall–Kier alpha value is -1.40. The van der Waals surface area contributed by atoms with E-state index >= 15 is 0 Å². The zero-order valence-electron chi connectivity index (χ0n) is 11.0. The maximum atomic E-state index is 11.5. The van der Waals surface area contributed by atoms with Gasteiger partial charge in [0.25, 0.3) is 0 Å². The molecule has 0 spiro atoms. The van der Waals surface area contributed by atoms with Crippen molar-refractivity contribution in [3.63, 3.8) is 0 Å². The molecule has 0 bridgehead atoms. The molecule has 1 aliphatic carbocycles. The highest BCUT2D eigenvalue weighted by atomic mass is 32.2. The second-order valence-electron chi connectivity index (χ2n) is 4.86. The smallest absolute Gasteiger partial charge is 0.175 e. The minimum absolute atomic E-state index is 0.277. The van der Waals surface area contributed by atoms with E-state index in [0.29, 0.717) is 11.4 Å². The van der Waals surface area contributed by atoms with Crippen molar-refractivity contribution in [2.24, 2.45) is 10.8 Å². The summed E-state index contributed by atoms with van der Waals surface area (Å²) < 4.78 is 23.1. The van der Waals surface area contributed by atoms with Gasteiger partial charge in [-0.15, -0.1) is 0 Å². The number of rotatable bonds is 3. The van der Waals surface area contributed by atoms with Crippen molar-refractivity contribution in [3.8, 4) is 0 Å². The zero-order chi connectivity index (χ0) is 13.9. The molecule has 1 aromatic rings. The molecule has 3 N–H and O–H groups in total. The molecule has 1 aliphatic rings. The van der Waals surface area contributed by atoms with Gasteiger partial charge in [-0.05, 0) is 25.0 Å². The third-order valence-electron chi connectivity index (χ3n) is 3.31. The van der Waals surface area contributed by atoms with Crippen LogP contribution in [0.1, 0.15) is 31.2 Å². The summed E-state index contributed by atoms with van der Waals surface area (Å²) in [5.41, 5.74) is 3.28. The third kappa shape index (κ3) is 3.54. The number of hydrogen-bond donors (Lipinski definition) is 2. The van der Waals surface area contributed by atoms with E-state index in [4.69, 9.17) is 5.84 Å². The Morgan fingerprint density at radius 3 is 2.63 bits per heavy atom. The lowest BCUT2D eigenvalue weighted by Gasteiger charge is -2.10. The monoisotopic (exact) mass is 281 g/mol. The highest BCUT2D eigenvalue weighted by Crippen LogP contribution is 2.21. The topological polar surface area (TPSA) is 84.5 Å². The average Bonchev–Trinajstić information content (AvgIpc) is 2.88. The summed E-state index contributed by atoms with van der Waals surface area (Å²) in [6.07, 6.45) is 5.70. The van der Waals surface area contributed by atoms with E-state index in [9.17, 15) is 8.42 Å². The Kier molecular flexibility index (Phi) is 4.21. The molecule has 5 nitrogen and oxygen atoms in total. The van der Waals surface area contributed by atoms with Gasteiger partial charge in [0.2, 0.25) is 0 Å². The summed E-state index contributed by atoms with van der Waals surface area (Å²) in [5, 5.41) is 0. The second-order valence-corrected chi connectivity index (χ2v) is 6.88. The van der Waals surface area contributed by atoms with Crippen LogP contribution < -0.4 is 11.3 Å². The average molecular weight is 281 g/mol. The van der Waals surface area contributed by atoms with Crippen molar-refractivity contribution in [1.82, 2.24) is 5.43 Å². The van der Waals surface area contributed by atoms with Gasteiger partial charge in [-0.1, -0.05) is 25.0 Å². The van der Waals surface area contributed by atoms with E-state index in [1.165, 1.54) is 19.1 Å². The molecule has 0 heterocycles. The molecule has 0 aliphatic heterocycles. The number of nitrogens with zero attached hydrogens (tertiary/aromatic N) is 1. The van der Waals surface area contributed by atoms with E-state index in [0.717, 1.165) is 12.8 Å². The number of nitrogens with two attached hydrogens (primary N) is 1. The van der Waals surface area contributed by atoms with Crippen LogP contribution in [0.2, 0.25) is 0 Å². The molecule has 1 saturated carbocycles. The molecular weight excluding hydrogens is 262 g/mol. The standard InChI is InChI=1S/C13H19N3O2S/c1-19(17,18)12-8-4-5-10(9-12)13(16-14)15-11-6-2-3-7-11/h4-5,8-9,11H,2-3,6-7,14H2,1H3,(H,15,16). The van der Waals surface area contributed by atoms with Gasteiger partial charge in [0.15, 0.2) is 9.84 Å². The molecule has 1 aromatic carbocycles. The number of hydrogen-bond acceptors (Lipinski definition) is 4.